The van der Waals surface area contributed by atoms with E-state index in [0.29, 0.717) is 12.4 Å². The monoisotopic (exact) mass is 324 g/mol. The molecule has 0 fully saturated rings. The minimum absolute atomic E-state index is 0.288. The number of ether oxygens (including phenoxy) is 1. The van der Waals surface area contributed by atoms with Crippen molar-refractivity contribution in [3.8, 4) is 5.75 Å². The molecule has 0 aromatic heterocycles. The number of hydrogen-bond donors (Lipinski definition) is 2. The van der Waals surface area contributed by atoms with E-state index in [1.807, 2.05) is 0 Å². The maximum atomic E-state index is 12.8. The van der Waals surface area contributed by atoms with E-state index in [4.69, 9.17) is 9.88 Å². The van der Waals surface area contributed by atoms with Gasteiger partial charge in [0.1, 0.15) is 18.2 Å². The van der Waals surface area contributed by atoms with Crippen LogP contribution in [0.15, 0.2) is 48.5 Å². The summed E-state index contributed by atoms with van der Waals surface area (Å²) in [6.07, 6.45) is 0. The Labute approximate surface area is 129 Å². The van der Waals surface area contributed by atoms with Crippen LogP contribution in [0.4, 0.5) is 4.39 Å². The third-order valence-electron chi connectivity index (χ3n) is 3.04. The summed E-state index contributed by atoms with van der Waals surface area (Å²) in [4.78, 5) is 0. The Morgan fingerprint density at radius 3 is 2.27 bits per heavy atom. The molecule has 0 aliphatic rings. The van der Waals surface area contributed by atoms with Crippen LogP contribution in [0.5, 0.6) is 5.75 Å². The molecule has 0 bridgehead atoms. The van der Waals surface area contributed by atoms with Crippen LogP contribution < -0.4 is 14.6 Å². The summed E-state index contributed by atoms with van der Waals surface area (Å²) in [5, 5.41) is 4.94. The zero-order valence-corrected chi connectivity index (χ0v) is 12.8. The smallest absolute Gasteiger partial charge is 0.274 e. The van der Waals surface area contributed by atoms with Crippen molar-refractivity contribution in [3.05, 3.63) is 65.5 Å². The molecule has 2 aromatic rings. The Hall–Kier alpha value is -1.96. The Bertz CT molecular complexity index is 715. The summed E-state index contributed by atoms with van der Waals surface area (Å²) in [7, 11) is -3.74. The first-order valence-corrected chi connectivity index (χ1v) is 8.15. The van der Waals surface area contributed by atoms with Gasteiger partial charge in [-0.15, -0.1) is 0 Å². The fourth-order valence-corrected chi connectivity index (χ4v) is 2.54. The molecule has 2 aromatic carbocycles. The van der Waals surface area contributed by atoms with E-state index < -0.39 is 16.3 Å². The topological polar surface area (TPSA) is 81.4 Å². The van der Waals surface area contributed by atoms with Crippen molar-refractivity contribution < 1.29 is 17.5 Å². The van der Waals surface area contributed by atoms with Crippen LogP contribution >= 0.6 is 0 Å². The quantitative estimate of drug-likeness (QED) is 0.855. The standard InChI is InChI=1S/C15H17FN2O3S/c1-11(18-22(17,19)20)13-4-8-15(9-5-13)21-10-12-2-6-14(16)7-3-12/h2-9,11,18H,10H2,1H3,(H2,17,19,20)/t11-/m1/s1. The Morgan fingerprint density at radius 2 is 1.73 bits per heavy atom. The molecule has 118 valence electrons. The number of benzene rings is 2. The molecule has 0 saturated carbocycles. The Balaban J connectivity index is 1.95. The van der Waals surface area contributed by atoms with E-state index in [1.165, 1.54) is 12.1 Å². The molecular weight excluding hydrogens is 307 g/mol. The minimum Gasteiger partial charge on any atom is -0.489 e. The van der Waals surface area contributed by atoms with Gasteiger partial charge >= 0.3 is 0 Å². The molecular formula is C15H17FN2O3S. The molecule has 2 rings (SSSR count). The number of hydrogen-bond acceptors (Lipinski definition) is 3. The molecule has 0 unspecified atom stereocenters. The second kappa shape index (κ2) is 6.87. The van der Waals surface area contributed by atoms with Gasteiger partial charge in [0.25, 0.3) is 10.2 Å². The van der Waals surface area contributed by atoms with Crippen LogP contribution in [0.2, 0.25) is 0 Å². The van der Waals surface area contributed by atoms with Crippen LogP contribution in [0.3, 0.4) is 0 Å². The molecule has 22 heavy (non-hydrogen) atoms. The van der Waals surface area contributed by atoms with Crippen LogP contribution in [-0.2, 0) is 16.8 Å². The first-order chi connectivity index (χ1) is 10.3. The number of halogens is 1. The number of nitrogens with one attached hydrogen (secondary N) is 1. The van der Waals surface area contributed by atoms with Gasteiger partial charge in [-0.2, -0.15) is 13.1 Å². The van der Waals surface area contributed by atoms with E-state index in [2.05, 4.69) is 4.72 Å². The predicted octanol–water partition coefficient (Wildman–Crippen LogP) is 2.26. The van der Waals surface area contributed by atoms with E-state index in [9.17, 15) is 12.8 Å². The van der Waals surface area contributed by atoms with Crippen molar-refractivity contribution in [2.45, 2.75) is 19.6 Å². The summed E-state index contributed by atoms with van der Waals surface area (Å²) in [6, 6.07) is 12.6. The van der Waals surface area contributed by atoms with Gasteiger partial charge < -0.3 is 4.74 Å². The fourth-order valence-electron chi connectivity index (χ4n) is 1.91. The van der Waals surface area contributed by atoms with Crippen molar-refractivity contribution in [3.63, 3.8) is 0 Å². The first-order valence-electron chi connectivity index (χ1n) is 6.61. The van der Waals surface area contributed by atoms with Gasteiger partial charge in [-0.25, -0.2) is 9.53 Å². The summed E-state index contributed by atoms with van der Waals surface area (Å²) in [5.74, 6) is 0.348. The Morgan fingerprint density at radius 1 is 1.14 bits per heavy atom. The van der Waals surface area contributed by atoms with E-state index in [1.54, 1.807) is 43.3 Å². The molecule has 0 aliphatic carbocycles. The van der Waals surface area contributed by atoms with Crippen molar-refractivity contribution in [2.24, 2.45) is 5.14 Å². The highest BCUT2D eigenvalue weighted by molar-refractivity contribution is 7.87. The van der Waals surface area contributed by atoms with Gasteiger partial charge in [-0.05, 0) is 42.3 Å². The van der Waals surface area contributed by atoms with Gasteiger partial charge in [-0.3, -0.25) is 0 Å². The molecule has 0 heterocycles. The summed E-state index contributed by atoms with van der Waals surface area (Å²) < 4.78 is 42.6. The zero-order chi connectivity index (χ0) is 16.2. The lowest BCUT2D eigenvalue weighted by Crippen LogP contribution is -2.32. The van der Waals surface area contributed by atoms with Crippen molar-refractivity contribution in [1.82, 2.24) is 4.72 Å². The zero-order valence-electron chi connectivity index (χ0n) is 12.0. The molecule has 0 spiro atoms. The normalized spacial score (nSPS) is 12.9. The highest BCUT2D eigenvalue weighted by atomic mass is 32.2. The average molecular weight is 324 g/mol. The van der Waals surface area contributed by atoms with Crippen LogP contribution in [-0.4, -0.2) is 8.42 Å². The summed E-state index contributed by atoms with van der Waals surface area (Å²) >= 11 is 0. The summed E-state index contributed by atoms with van der Waals surface area (Å²) in [6.45, 7) is 2.02. The molecule has 0 saturated heterocycles. The maximum absolute atomic E-state index is 12.8. The third-order valence-corrected chi connectivity index (χ3v) is 3.72. The molecule has 1 atom stereocenters. The van der Waals surface area contributed by atoms with Crippen LogP contribution in [0.1, 0.15) is 24.1 Å². The second-order valence-corrected chi connectivity index (χ2v) is 6.19. The highest BCUT2D eigenvalue weighted by Crippen LogP contribution is 2.19. The maximum Gasteiger partial charge on any atom is 0.274 e. The number of rotatable bonds is 6. The van der Waals surface area contributed by atoms with Crippen molar-refractivity contribution in [1.29, 1.82) is 0 Å². The molecule has 5 nitrogen and oxygen atoms in total. The molecule has 7 heteroatoms. The van der Waals surface area contributed by atoms with E-state index in [-0.39, 0.29) is 5.82 Å². The SMILES string of the molecule is C[C@@H](NS(N)(=O)=O)c1ccc(OCc2ccc(F)cc2)cc1. The molecule has 0 aliphatic heterocycles. The van der Waals surface area contributed by atoms with Gasteiger partial charge in [0.05, 0.1) is 0 Å². The lowest BCUT2D eigenvalue weighted by Gasteiger charge is -2.13. The average Bonchev–Trinajstić information content (AvgIpc) is 2.45. The van der Waals surface area contributed by atoms with Gasteiger partial charge in [-0.1, -0.05) is 24.3 Å². The Kier molecular flexibility index (Phi) is 5.12. The molecule has 0 radical (unpaired) electrons. The lowest BCUT2D eigenvalue weighted by molar-refractivity contribution is 0.306. The lowest BCUT2D eigenvalue weighted by atomic mass is 10.1. The molecule has 3 N–H and O–H groups in total. The van der Waals surface area contributed by atoms with Gasteiger partial charge in [0, 0.05) is 6.04 Å². The van der Waals surface area contributed by atoms with Crippen LogP contribution in [0, 0.1) is 5.82 Å². The predicted molar refractivity (Wildman–Crippen MR) is 81.8 cm³/mol. The first kappa shape index (κ1) is 16.4. The molecule has 0 amide bonds. The second-order valence-electron chi connectivity index (χ2n) is 4.87. The summed E-state index contributed by atoms with van der Waals surface area (Å²) in [5.41, 5.74) is 1.62. The van der Waals surface area contributed by atoms with Crippen molar-refractivity contribution in [2.75, 3.05) is 0 Å². The fraction of sp³-hybridized carbons (Fsp3) is 0.200. The minimum atomic E-state index is -3.74. The van der Waals surface area contributed by atoms with Crippen molar-refractivity contribution >= 4 is 10.2 Å². The largest absolute Gasteiger partial charge is 0.489 e. The van der Waals surface area contributed by atoms with E-state index >= 15 is 0 Å². The third kappa shape index (κ3) is 5.10. The van der Waals surface area contributed by atoms with Crippen LogP contribution in [0.25, 0.3) is 0 Å². The highest BCUT2D eigenvalue weighted by Gasteiger charge is 2.11. The number of nitrogens with two attached hydrogens (primary N) is 1. The van der Waals surface area contributed by atoms with Gasteiger partial charge in [0.15, 0.2) is 0 Å². The van der Waals surface area contributed by atoms with E-state index in [0.717, 1.165) is 11.1 Å². The van der Waals surface area contributed by atoms with Gasteiger partial charge in [0.2, 0.25) is 0 Å².